The summed E-state index contributed by atoms with van der Waals surface area (Å²) in [6.45, 7) is 7.39. The molecule has 3 nitrogen and oxygen atoms in total. The van der Waals surface area contributed by atoms with Crippen molar-refractivity contribution >= 4 is 0 Å². The molecule has 5 rings (SSSR count). The van der Waals surface area contributed by atoms with Gasteiger partial charge in [0.15, 0.2) is 0 Å². The molecule has 5 aliphatic rings. The van der Waals surface area contributed by atoms with Crippen LogP contribution in [0.5, 0.6) is 0 Å². The summed E-state index contributed by atoms with van der Waals surface area (Å²) < 4.78 is 0. The molecule has 4 aliphatic carbocycles. The van der Waals surface area contributed by atoms with Crippen LogP contribution in [0.15, 0.2) is 11.6 Å². The summed E-state index contributed by atoms with van der Waals surface area (Å²) in [5.41, 5.74) is 2.15. The standard InChI is InChI=1S/C23H37NO2/c1-22-9-7-16(25)13-15(22)5-6-17-18(22)8-10-23(2)19(17)14-20(26)21(23)24-11-3-4-12-24/h5,16-21,25-26H,3-4,6-14H2,1-2H3/t16?,17-,18-,19+,20?,21?,22+,23+/m1/s1. The largest absolute Gasteiger partial charge is 0.393 e. The molecule has 0 aromatic rings. The van der Waals surface area contributed by atoms with Crippen LogP contribution in [0.2, 0.25) is 0 Å². The molecule has 0 aromatic heterocycles. The number of rotatable bonds is 1. The average molecular weight is 360 g/mol. The third-order valence-electron chi connectivity index (χ3n) is 9.59. The molecule has 8 atom stereocenters. The topological polar surface area (TPSA) is 43.7 Å². The Bertz CT molecular complexity index is 597. The van der Waals surface area contributed by atoms with Crippen molar-refractivity contribution in [1.82, 2.24) is 4.90 Å². The van der Waals surface area contributed by atoms with Crippen molar-refractivity contribution in [2.24, 2.45) is 28.6 Å². The Labute approximate surface area is 158 Å². The molecule has 0 spiro atoms. The highest BCUT2D eigenvalue weighted by molar-refractivity contribution is 5.26. The molecule has 0 bridgehead atoms. The third kappa shape index (κ3) is 2.36. The van der Waals surface area contributed by atoms with Crippen molar-refractivity contribution in [2.45, 2.75) is 89.9 Å². The zero-order chi connectivity index (χ0) is 18.1. The summed E-state index contributed by atoms with van der Waals surface area (Å²) in [5.74, 6) is 2.17. The van der Waals surface area contributed by atoms with E-state index in [9.17, 15) is 10.2 Å². The van der Waals surface area contributed by atoms with Crippen molar-refractivity contribution in [2.75, 3.05) is 13.1 Å². The van der Waals surface area contributed by atoms with Crippen molar-refractivity contribution in [3.63, 3.8) is 0 Å². The number of hydrogen-bond donors (Lipinski definition) is 2. The number of fused-ring (bicyclic) bond motifs is 5. The van der Waals surface area contributed by atoms with Crippen LogP contribution in [0.4, 0.5) is 0 Å². The lowest BCUT2D eigenvalue weighted by Crippen LogP contribution is -2.54. The predicted molar refractivity (Wildman–Crippen MR) is 104 cm³/mol. The predicted octanol–water partition coefficient (Wildman–Crippen LogP) is 3.75. The second kappa shape index (κ2) is 6.06. The first-order valence-corrected chi connectivity index (χ1v) is 11.2. The van der Waals surface area contributed by atoms with E-state index < -0.39 is 0 Å². The Balaban J connectivity index is 1.46. The zero-order valence-electron chi connectivity index (χ0n) is 16.7. The normalized spacial score (nSPS) is 54.4. The summed E-state index contributed by atoms with van der Waals surface area (Å²) in [5, 5.41) is 21.2. The van der Waals surface area contributed by atoms with Crippen LogP contribution in [0.1, 0.15) is 71.6 Å². The highest BCUT2D eigenvalue weighted by Gasteiger charge is 2.62. The van der Waals surface area contributed by atoms with E-state index in [0.717, 1.165) is 37.5 Å². The van der Waals surface area contributed by atoms with Gasteiger partial charge in [0.05, 0.1) is 12.2 Å². The second-order valence-corrected chi connectivity index (χ2v) is 10.7. The van der Waals surface area contributed by atoms with Crippen LogP contribution < -0.4 is 0 Å². The summed E-state index contributed by atoms with van der Waals surface area (Å²) in [7, 11) is 0. The van der Waals surface area contributed by atoms with E-state index >= 15 is 0 Å². The molecule has 26 heavy (non-hydrogen) atoms. The third-order valence-corrected chi connectivity index (χ3v) is 9.59. The molecular formula is C23H37NO2. The van der Waals surface area contributed by atoms with Crippen LogP contribution in [-0.4, -0.2) is 46.5 Å². The lowest BCUT2D eigenvalue weighted by atomic mass is 9.48. The molecule has 1 saturated heterocycles. The quantitative estimate of drug-likeness (QED) is 0.701. The summed E-state index contributed by atoms with van der Waals surface area (Å²) in [6.07, 6.45) is 12.7. The SMILES string of the molecule is C[C@]12CCC(O)CC1=CC[C@@H]1[C@H]2CC[C@]2(C)C(N3CCCC3)C(O)C[C@@H]12. The van der Waals surface area contributed by atoms with E-state index in [1.54, 1.807) is 5.57 Å². The Hall–Kier alpha value is -0.380. The van der Waals surface area contributed by atoms with Gasteiger partial charge in [-0.2, -0.15) is 0 Å². The fraction of sp³-hybridized carbons (Fsp3) is 0.913. The molecule has 3 heteroatoms. The maximum absolute atomic E-state index is 11.1. The first-order valence-electron chi connectivity index (χ1n) is 11.2. The maximum Gasteiger partial charge on any atom is 0.0703 e. The van der Waals surface area contributed by atoms with Gasteiger partial charge in [0, 0.05) is 6.04 Å². The fourth-order valence-corrected chi connectivity index (χ4v) is 8.31. The molecule has 0 amide bonds. The molecule has 3 saturated carbocycles. The van der Waals surface area contributed by atoms with Crippen molar-refractivity contribution < 1.29 is 10.2 Å². The lowest BCUT2D eigenvalue weighted by molar-refractivity contribution is -0.0609. The van der Waals surface area contributed by atoms with Crippen molar-refractivity contribution in [3.8, 4) is 0 Å². The lowest BCUT2D eigenvalue weighted by Gasteiger charge is -2.58. The van der Waals surface area contributed by atoms with Gasteiger partial charge >= 0.3 is 0 Å². The highest BCUT2D eigenvalue weighted by Crippen LogP contribution is 2.65. The van der Waals surface area contributed by atoms with E-state index in [0.29, 0.717) is 22.8 Å². The monoisotopic (exact) mass is 359 g/mol. The van der Waals surface area contributed by atoms with E-state index in [1.807, 2.05) is 0 Å². The number of allylic oxidation sites excluding steroid dienone is 1. The first-order chi connectivity index (χ1) is 12.4. The Kier molecular flexibility index (Phi) is 4.12. The minimum Gasteiger partial charge on any atom is -0.393 e. The number of aliphatic hydroxyl groups excluding tert-OH is 2. The van der Waals surface area contributed by atoms with Crippen LogP contribution in [0.3, 0.4) is 0 Å². The number of likely N-dealkylation sites (tertiary alicyclic amines) is 1. The van der Waals surface area contributed by atoms with Gasteiger partial charge < -0.3 is 10.2 Å². The number of hydrogen-bond acceptors (Lipinski definition) is 3. The highest BCUT2D eigenvalue weighted by atomic mass is 16.3. The van der Waals surface area contributed by atoms with Crippen molar-refractivity contribution in [3.05, 3.63) is 11.6 Å². The van der Waals surface area contributed by atoms with Crippen LogP contribution in [0.25, 0.3) is 0 Å². The van der Waals surface area contributed by atoms with Gasteiger partial charge in [0.25, 0.3) is 0 Å². The molecule has 3 unspecified atom stereocenters. The summed E-state index contributed by atoms with van der Waals surface area (Å²) >= 11 is 0. The van der Waals surface area contributed by atoms with Crippen LogP contribution in [0, 0.1) is 28.6 Å². The smallest absolute Gasteiger partial charge is 0.0703 e. The van der Waals surface area contributed by atoms with Gasteiger partial charge in [-0.25, -0.2) is 0 Å². The number of aliphatic hydroxyl groups is 2. The molecule has 146 valence electrons. The minimum absolute atomic E-state index is 0.118. The van der Waals surface area contributed by atoms with E-state index in [2.05, 4.69) is 24.8 Å². The summed E-state index contributed by atoms with van der Waals surface area (Å²) in [6, 6.07) is 0.391. The Morgan fingerprint density at radius 3 is 2.58 bits per heavy atom. The van der Waals surface area contributed by atoms with E-state index in [1.165, 1.54) is 45.2 Å². The Morgan fingerprint density at radius 2 is 1.81 bits per heavy atom. The molecule has 4 fully saturated rings. The van der Waals surface area contributed by atoms with Gasteiger partial charge in [-0.1, -0.05) is 25.5 Å². The zero-order valence-corrected chi connectivity index (χ0v) is 16.7. The molecular weight excluding hydrogens is 322 g/mol. The maximum atomic E-state index is 11.1. The number of nitrogens with zero attached hydrogens (tertiary/aromatic N) is 1. The molecule has 0 aromatic carbocycles. The van der Waals surface area contributed by atoms with Crippen LogP contribution >= 0.6 is 0 Å². The van der Waals surface area contributed by atoms with Crippen molar-refractivity contribution in [1.29, 1.82) is 0 Å². The second-order valence-electron chi connectivity index (χ2n) is 10.7. The Morgan fingerprint density at radius 1 is 1.04 bits per heavy atom. The molecule has 2 N–H and O–H groups in total. The minimum atomic E-state index is -0.131. The molecule has 0 radical (unpaired) electrons. The molecule has 1 aliphatic heterocycles. The van der Waals surface area contributed by atoms with E-state index in [4.69, 9.17) is 0 Å². The van der Waals surface area contributed by atoms with Gasteiger partial charge in [-0.15, -0.1) is 0 Å². The molecule has 1 heterocycles. The summed E-state index contributed by atoms with van der Waals surface area (Å²) in [4.78, 5) is 2.63. The van der Waals surface area contributed by atoms with Gasteiger partial charge in [-0.05, 0) is 99.5 Å². The van der Waals surface area contributed by atoms with Gasteiger partial charge in [-0.3, -0.25) is 4.90 Å². The van der Waals surface area contributed by atoms with E-state index in [-0.39, 0.29) is 12.2 Å². The van der Waals surface area contributed by atoms with Gasteiger partial charge in [0.2, 0.25) is 0 Å². The van der Waals surface area contributed by atoms with Gasteiger partial charge in [0.1, 0.15) is 0 Å². The fourth-order valence-electron chi connectivity index (χ4n) is 8.31. The van der Waals surface area contributed by atoms with Crippen LogP contribution in [-0.2, 0) is 0 Å². The average Bonchev–Trinajstić information content (AvgIpc) is 3.20. The first kappa shape index (κ1) is 17.7.